The lowest BCUT2D eigenvalue weighted by Crippen LogP contribution is -2.34. The molecule has 3 heterocycles. The predicted molar refractivity (Wildman–Crippen MR) is 132 cm³/mol. The number of fused-ring (bicyclic) bond motifs is 2. The number of methoxy groups -OCH3 is 2. The molecule has 2 aromatic heterocycles. The zero-order valence-corrected chi connectivity index (χ0v) is 20.1. The van der Waals surface area contributed by atoms with Gasteiger partial charge in [-0.05, 0) is 54.6 Å². The molecule has 0 bridgehead atoms. The van der Waals surface area contributed by atoms with Crippen LogP contribution in [0.3, 0.4) is 0 Å². The van der Waals surface area contributed by atoms with E-state index in [-0.39, 0.29) is 5.78 Å². The number of benzene rings is 2. The normalized spacial score (nSPS) is 17.3. The van der Waals surface area contributed by atoms with E-state index in [2.05, 4.69) is 0 Å². The number of likely N-dealkylation sites (N-methyl/N-ethyl adjacent to an activating group) is 1. The second kappa shape index (κ2) is 8.71. The van der Waals surface area contributed by atoms with Gasteiger partial charge in [-0.3, -0.25) is 9.69 Å². The van der Waals surface area contributed by atoms with E-state index in [9.17, 15) is 14.4 Å². The first kappa shape index (κ1) is 22.3. The number of piperidine rings is 1. The maximum atomic E-state index is 13.4. The lowest BCUT2D eigenvalue weighted by atomic mass is 9.94. The first-order chi connectivity index (χ1) is 16.3. The van der Waals surface area contributed by atoms with Crippen molar-refractivity contribution >= 4 is 61.2 Å². The third-order valence-corrected chi connectivity index (χ3v) is 6.98. The number of nitrogens with zero attached hydrogens (tertiary/aromatic N) is 1. The van der Waals surface area contributed by atoms with Crippen molar-refractivity contribution in [3.05, 3.63) is 66.0 Å². The first-order valence-corrected chi connectivity index (χ1v) is 11.9. The predicted octanol–water partition coefficient (Wildman–Crippen LogP) is 4.02. The fraction of sp³-hybridized carbons (Fsp3) is 0.208. The van der Waals surface area contributed by atoms with Gasteiger partial charge in [0, 0.05) is 24.2 Å². The molecule has 0 atom stereocenters. The summed E-state index contributed by atoms with van der Waals surface area (Å²) in [6.45, 7) is 0.952. The van der Waals surface area contributed by atoms with Crippen molar-refractivity contribution in [1.29, 1.82) is 0 Å². The van der Waals surface area contributed by atoms with Crippen LogP contribution in [-0.2, 0) is 4.79 Å². The fourth-order valence-corrected chi connectivity index (χ4v) is 5.49. The summed E-state index contributed by atoms with van der Waals surface area (Å²) in [5.74, 6) is 0.807. The Bertz CT molecular complexity index is 1500. The van der Waals surface area contributed by atoms with Gasteiger partial charge in [0.25, 0.3) is 0 Å². The van der Waals surface area contributed by atoms with Gasteiger partial charge in [-0.2, -0.15) is 0 Å². The highest BCUT2D eigenvalue weighted by Gasteiger charge is 2.24. The van der Waals surface area contributed by atoms with Crippen LogP contribution >= 0.6 is 22.7 Å². The molecule has 0 radical (unpaired) electrons. The summed E-state index contributed by atoms with van der Waals surface area (Å²) in [4.78, 5) is 37.9. The van der Waals surface area contributed by atoms with Gasteiger partial charge in [0.05, 0.1) is 23.6 Å². The summed E-state index contributed by atoms with van der Waals surface area (Å²) in [6.07, 6.45) is 3.62. The topological polar surface area (TPSA) is 99.2 Å². The summed E-state index contributed by atoms with van der Waals surface area (Å²) in [6, 6.07) is 7.11. The number of carbonyl (C=O) groups is 1. The molecule has 1 fully saturated rings. The molecule has 0 amide bonds. The van der Waals surface area contributed by atoms with Gasteiger partial charge in [-0.15, -0.1) is 0 Å². The number of ether oxygens (including phenoxy) is 2. The molecule has 2 aromatic carbocycles. The number of Topliss-reactive ketones (excluding diaryl/α,β-unsaturated/α-hetero) is 1. The Morgan fingerprint density at radius 3 is 1.65 bits per heavy atom. The Labute approximate surface area is 200 Å². The van der Waals surface area contributed by atoms with Gasteiger partial charge in [0.2, 0.25) is 0 Å². The molecule has 0 aliphatic carbocycles. The summed E-state index contributed by atoms with van der Waals surface area (Å²) >= 11 is 1.98. The minimum atomic E-state index is -0.410. The van der Waals surface area contributed by atoms with Crippen LogP contribution in [0.5, 0.6) is 11.5 Å². The number of hydrogen-bond donors (Lipinski definition) is 0. The van der Waals surface area contributed by atoms with Crippen molar-refractivity contribution in [2.75, 3.05) is 34.4 Å². The summed E-state index contributed by atoms with van der Waals surface area (Å²) in [5.41, 5.74) is 3.50. The average molecular weight is 498 g/mol. The zero-order chi connectivity index (χ0) is 24.0. The van der Waals surface area contributed by atoms with E-state index < -0.39 is 9.88 Å². The van der Waals surface area contributed by atoms with Crippen LogP contribution in [0.15, 0.2) is 53.8 Å². The molecule has 1 aliphatic heterocycles. The molecule has 0 unspecified atom stereocenters. The van der Waals surface area contributed by atoms with E-state index in [0.717, 1.165) is 33.8 Å². The molecular formula is C24H19NO7S2. The monoisotopic (exact) mass is 497 g/mol. The van der Waals surface area contributed by atoms with E-state index in [0.29, 0.717) is 56.3 Å². The second-order valence-electron chi connectivity index (χ2n) is 7.85. The van der Waals surface area contributed by atoms with Gasteiger partial charge in [0.1, 0.15) is 0 Å². The maximum absolute atomic E-state index is 13.4. The summed E-state index contributed by atoms with van der Waals surface area (Å²) in [7, 11) is 4.95. The average Bonchev–Trinajstić information content (AvgIpc) is 3.36. The fourth-order valence-electron chi connectivity index (χ4n) is 4.02. The first-order valence-electron chi connectivity index (χ1n) is 10.2. The quantitative estimate of drug-likeness (QED) is 0.390. The molecule has 34 heavy (non-hydrogen) atoms. The molecule has 174 valence electrons. The smallest absolute Gasteiger partial charge is 0.396 e. The molecule has 0 spiro atoms. The van der Waals surface area contributed by atoms with Crippen LogP contribution in [0.25, 0.3) is 32.7 Å². The van der Waals surface area contributed by atoms with E-state index >= 15 is 0 Å². The van der Waals surface area contributed by atoms with Crippen molar-refractivity contribution in [1.82, 2.24) is 4.90 Å². The third kappa shape index (κ3) is 4.11. The van der Waals surface area contributed by atoms with Crippen molar-refractivity contribution in [3.63, 3.8) is 0 Å². The number of rotatable bonds is 4. The van der Waals surface area contributed by atoms with Crippen LogP contribution < -0.4 is 19.4 Å². The van der Waals surface area contributed by atoms with Crippen molar-refractivity contribution in [2.24, 2.45) is 0 Å². The highest BCUT2D eigenvalue weighted by atomic mass is 32.1. The molecule has 4 aromatic rings. The van der Waals surface area contributed by atoms with Crippen LogP contribution in [0.4, 0.5) is 0 Å². The Morgan fingerprint density at radius 1 is 0.794 bits per heavy atom. The standard InChI is InChI=1S/C24H19NO7S2/c1-25-10-14(4-12-6-16(29-2)21-18(8-12)33-23(27)31-21)20(26)15(11-25)5-13-7-17(30-3)22-19(9-13)34-24(28)32-22/h4-9H,10-11H2,1-3H3/b14-4+,15-5+. The molecule has 5 rings (SSSR count). The molecule has 0 saturated carbocycles. The summed E-state index contributed by atoms with van der Waals surface area (Å²) < 4.78 is 22.5. The molecule has 1 saturated heterocycles. The number of carbonyl (C=O) groups excluding carboxylic acids is 1. The maximum Gasteiger partial charge on any atom is 0.396 e. The van der Waals surface area contributed by atoms with E-state index in [4.69, 9.17) is 18.3 Å². The third-order valence-electron chi connectivity index (χ3n) is 5.43. The lowest BCUT2D eigenvalue weighted by molar-refractivity contribution is -0.113. The van der Waals surface area contributed by atoms with Gasteiger partial charge in [-0.25, -0.2) is 9.59 Å². The largest absolute Gasteiger partial charge is 0.493 e. The van der Waals surface area contributed by atoms with Crippen LogP contribution in [0.1, 0.15) is 11.1 Å². The minimum absolute atomic E-state index is 0.0722. The van der Waals surface area contributed by atoms with E-state index in [1.54, 1.807) is 12.1 Å². The van der Waals surface area contributed by atoms with Gasteiger partial charge in [-0.1, -0.05) is 22.7 Å². The SMILES string of the molecule is COc1cc(/C=C2\CN(C)C/C(=C\c3cc(OC)c4oc(=O)sc4c3)C2=O)cc2sc(=O)oc12. The molecule has 8 nitrogen and oxygen atoms in total. The Kier molecular flexibility index (Phi) is 5.72. The van der Waals surface area contributed by atoms with Crippen molar-refractivity contribution < 1.29 is 23.1 Å². The molecule has 10 heteroatoms. The minimum Gasteiger partial charge on any atom is -0.493 e. The Hall–Kier alpha value is -3.47. The molecule has 1 aliphatic rings. The number of likely N-dealkylation sites (tertiary alicyclic amines) is 1. The lowest BCUT2D eigenvalue weighted by Gasteiger charge is -2.26. The number of ketones is 1. The highest BCUT2D eigenvalue weighted by molar-refractivity contribution is 7.16. The summed E-state index contributed by atoms with van der Waals surface area (Å²) in [5, 5.41) is 0. The van der Waals surface area contributed by atoms with Crippen molar-refractivity contribution in [2.45, 2.75) is 0 Å². The van der Waals surface area contributed by atoms with Gasteiger partial charge in [0.15, 0.2) is 28.4 Å². The highest BCUT2D eigenvalue weighted by Crippen LogP contribution is 2.33. The Balaban J connectivity index is 1.55. The zero-order valence-electron chi connectivity index (χ0n) is 18.5. The molecular weight excluding hydrogens is 478 g/mol. The van der Waals surface area contributed by atoms with Crippen molar-refractivity contribution in [3.8, 4) is 11.5 Å². The molecule has 0 N–H and O–H groups in total. The number of hydrogen-bond acceptors (Lipinski definition) is 10. The van der Waals surface area contributed by atoms with Gasteiger partial charge >= 0.3 is 9.88 Å². The van der Waals surface area contributed by atoms with E-state index in [1.807, 2.05) is 36.2 Å². The Morgan fingerprint density at radius 2 is 1.24 bits per heavy atom. The van der Waals surface area contributed by atoms with Crippen LogP contribution in [0.2, 0.25) is 0 Å². The second-order valence-corrected chi connectivity index (χ2v) is 9.80. The van der Waals surface area contributed by atoms with E-state index in [1.165, 1.54) is 14.2 Å². The van der Waals surface area contributed by atoms with Crippen LogP contribution in [-0.4, -0.2) is 45.0 Å². The van der Waals surface area contributed by atoms with Crippen LogP contribution in [0, 0.1) is 0 Å². The van der Waals surface area contributed by atoms with Gasteiger partial charge < -0.3 is 18.3 Å².